The molecule has 0 N–H and O–H groups in total. The maximum absolute atomic E-state index is 14.0. The summed E-state index contributed by atoms with van der Waals surface area (Å²) in [6.45, 7) is 4.40. The topological polar surface area (TPSA) is 82.1 Å². The Morgan fingerprint density at radius 3 is 2.51 bits per heavy atom. The van der Waals surface area contributed by atoms with E-state index in [0.29, 0.717) is 50.3 Å². The van der Waals surface area contributed by atoms with E-state index in [-0.39, 0.29) is 33.7 Å². The molecule has 2 aromatic carbocycles. The number of fused-ring (bicyclic) bond motifs is 1. The van der Waals surface area contributed by atoms with Crippen molar-refractivity contribution in [1.29, 1.82) is 0 Å². The molecule has 0 aliphatic carbocycles. The molecule has 0 aromatic heterocycles. The van der Waals surface area contributed by atoms with Crippen LogP contribution in [-0.4, -0.2) is 47.4 Å². The van der Waals surface area contributed by atoms with E-state index in [0.717, 1.165) is 19.8 Å². The average Bonchev–Trinajstić information content (AvgIpc) is 2.90. The zero-order valence-electron chi connectivity index (χ0n) is 21.3. The number of hydrogen-bond donors (Lipinski definition) is 0. The number of halogens is 2. The van der Waals surface area contributed by atoms with Gasteiger partial charge in [-0.2, -0.15) is 0 Å². The molecule has 1 fully saturated rings. The summed E-state index contributed by atoms with van der Waals surface area (Å²) in [4.78, 5) is 12.5. The van der Waals surface area contributed by atoms with Gasteiger partial charge in [-0.05, 0) is 73.9 Å². The van der Waals surface area contributed by atoms with Crippen molar-refractivity contribution in [2.45, 2.75) is 62.8 Å². The van der Waals surface area contributed by atoms with Gasteiger partial charge >= 0.3 is 5.97 Å². The van der Waals surface area contributed by atoms with Crippen LogP contribution in [0.15, 0.2) is 41.3 Å². The van der Waals surface area contributed by atoms with Crippen molar-refractivity contribution in [3.05, 3.63) is 53.1 Å². The number of sulfonamides is 1. The van der Waals surface area contributed by atoms with Crippen molar-refractivity contribution >= 4 is 21.7 Å². The molecule has 1 saturated heterocycles. The zero-order valence-corrected chi connectivity index (χ0v) is 22.2. The number of hydrogen-bond acceptors (Lipinski definition) is 6. The molecule has 2 heterocycles. The molecule has 2 aliphatic rings. The van der Waals surface area contributed by atoms with E-state index >= 15 is 0 Å². The molecule has 0 saturated carbocycles. The summed E-state index contributed by atoms with van der Waals surface area (Å²) in [7, 11) is -2.91. The average molecular weight is 538 g/mol. The maximum atomic E-state index is 14.0. The van der Waals surface area contributed by atoms with Crippen LogP contribution >= 0.6 is 0 Å². The van der Waals surface area contributed by atoms with Gasteiger partial charge in [0.1, 0.15) is 11.3 Å². The van der Waals surface area contributed by atoms with Crippen LogP contribution in [0, 0.1) is 5.92 Å². The molecule has 0 spiro atoms. The Bertz CT molecular complexity index is 1240. The number of ether oxygens (including phenoxy) is 3. The van der Waals surface area contributed by atoms with E-state index in [1.54, 1.807) is 0 Å². The van der Waals surface area contributed by atoms with Crippen molar-refractivity contribution in [3.8, 4) is 5.75 Å². The predicted molar refractivity (Wildman–Crippen MR) is 135 cm³/mol. The molecular weight excluding hydrogens is 504 g/mol. The molecule has 0 amide bonds. The first-order valence-corrected chi connectivity index (χ1v) is 14.0. The molecule has 7 nitrogen and oxygen atoms in total. The standard InChI is InChI=1S/C27H33F2NO6S/c1-4-21-7-5-19-15-20(27(2,28)29)6-9-24(19)30(21)37(32,33)22-8-10-25(23(16-22)26(31)34-3)36-17-18-11-13-35-14-12-18/h6,8-10,15-16,18,21H,4-5,7,11-14,17H2,1-3H3/t21-/m1/s1. The lowest BCUT2D eigenvalue weighted by atomic mass is 9.94. The van der Waals surface area contributed by atoms with Crippen LogP contribution in [0.25, 0.3) is 0 Å². The number of benzene rings is 2. The number of esters is 1. The second-order valence-electron chi connectivity index (χ2n) is 9.65. The Morgan fingerprint density at radius 2 is 1.86 bits per heavy atom. The van der Waals surface area contributed by atoms with Crippen molar-refractivity contribution in [2.75, 3.05) is 31.2 Å². The molecule has 2 aromatic rings. The summed E-state index contributed by atoms with van der Waals surface area (Å²) in [6.07, 6.45) is 3.23. The summed E-state index contributed by atoms with van der Waals surface area (Å²) in [6, 6.07) is 7.92. The SMILES string of the molecule is CC[C@@H]1CCc2cc(C(C)(F)F)ccc2N1S(=O)(=O)c1ccc(OCC2CCOCC2)c(C(=O)OC)c1. The van der Waals surface area contributed by atoms with E-state index in [2.05, 4.69) is 0 Å². The van der Waals surface area contributed by atoms with E-state index < -0.39 is 21.9 Å². The molecule has 0 unspecified atom stereocenters. The summed E-state index contributed by atoms with van der Waals surface area (Å²) >= 11 is 0. The van der Waals surface area contributed by atoms with Crippen molar-refractivity contribution in [3.63, 3.8) is 0 Å². The number of methoxy groups -OCH3 is 1. The Morgan fingerprint density at radius 1 is 1.14 bits per heavy atom. The van der Waals surface area contributed by atoms with Crippen LogP contribution < -0.4 is 9.04 Å². The third-order valence-electron chi connectivity index (χ3n) is 7.10. The largest absolute Gasteiger partial charge is 0.492 e. The molecule has 0 bridgehead atoms. The van der Waals surface area contributed by atoms with E-state index in [9.17, 15) is 22.0 Å². The Balaban J connectivity index is 1.70. The van der Waals surface area contributed by atoms with Gasteiger partial charge in [-0.25, -0.2) is 22.0 Å². The first-order chi connectivity index (χ1) is 17.6. The second-order valence-corrected chi connectivity index (χ2v) is 11.5. The highest BCUT2D eigenvalue weighted by molar-refractivity contribution is 7.92. The minimum absolute atomic E-state index is 0.0156. The first kappa shape index (κ1) is 27.3. The first-order valence-electron chi connectivity index (χ1n) is 12.5. The Hall–Kier alpha value is -2.72. The lowest BCUT2D eigenvalue weighted by Crippen LogP contribution is -2.43. The van der Waals surface area contributed by atoms with Gasteiger partial charge in [0.05, 0.1) is 24.3 Å². The van der Waals surface area contributed by atoms with Gasteiger partial charge in [0.2, 0.25) is 0 Å². The van der Waals surface area contributed by atoms with Crippen molar-refractivity contribution < 1.29 is 36.2 Å². The highest BCUT2D eigenvalue weighted by atomic mass is 32.2. The summed E-state index contributed by atoms with van der Waals surface area (Å²) in [5.74, 6) is -3.22. The van der Waals surface area contributed by atoms with Gasteiger partial charge in [-0.3, -0.25) is 4.31 Å². The van der Waals surface area contributed by atoms with Crippen molar-refractivity contribution in [2.24, 2.45) is 5.92 Å². The smallest absolute Gasteiger partial charge is 0.341 e. The fraction of sp³-hybridized carbons (Fsp3) is 0.519. The van der Waals surface area contributed by atoms with Crippen LogP contribution in [0.2, 0.25) is 0 Å². The van der Waals surface area contributed by atoms with Crippen molar-refractivity contribution in [1.82, 2.24) is 0 Å². The monoisotopic (exact) mass is 537 g/mol. The number of rotatable bonds is 8. The predicted octanol–water partition coefficient (Wildman–Crippen LogP) is 5.31. The lowest BCUT2D eigenvalue weighted by Gasteiger charge is -2.38. The highest BCUT2D eigenvalue weighted by Crippen LogP contribution is 2.40. The number of anilines is 1. The Labute approximate surface area is 216 Å². The summed E-state index contributed by atoms with van der Waals surface area (Å²) < 4.78 is 73.3. The number of carbonyl (C=O) groups is 1. The number of aryl methyl sites for hydroxylation is 1. The van der Waals surface area contributed by atoms with Crippen LogP contribution in [0.3, 0.4) is 0 Å². The van der Waals surface area contributed by atoms with Crippen LogP contribution in [0.4, 0.5) is 14.5 Å². The van der Waals surface area contributed by atoms with Gasteiger partial charge in [0.15, 0.2) is 0 Å². The minimum atomic E-state index is -4.14. The number of nitrogens with zero attached hydrogens (tertiary/aromatic N) is 1. The molecular formula is C27H33F2NO6S. The van der Waals surface area contributed by atoms with Crippen LogP contribution in [0.1, 0.15) is 61.0 Å². The quantitative estimate of drug-likeness (QED) is 0.425. The Kier molecular flexibility index (Phi) is 8.08. The normalized spacial score (nSPS) is 18.8. The van der Waals surface area contributed by atoms with Gasteiger partial charge in [-0.1, -0.05) is 13.0 Å². The van der Waals surface area contributed by atoms with Gasteiger partial charge in [-0.15, -0.1) is 0 Å². The third kappa shape index (κ3) is 5.75. The van der Waals surface area contributed by atoms with E-state index in [1.165, 1.54) is 47.8 Å². The summed E-state index contributed by atoms with van der Waals surface area (Å²) in [5, 5.41) is 0. The molecule has 1 atom stereocenters. The minimum Gasteiger partial charge on any atom is -0.492 e. The van der Waals surface area contributed by atoms with Gasteiger partial charge in [0, 0.05) is 31.7 Å². The molecule has 10 heteroatoms. The molecule has 2 aliphatic heterocycles. The molecule has 37 heavy (non-hydrogen) atoms. The summed E-state index contributed by atoms with van der Waals surface area (Å²) in [5.41, 5.74) is 0.793. The molecule has 0 radical (unpaired) electrons. The van der Waals surface area contributed by atoms with E-state index in [4.69, 9.17) is 14.2 Å². The highest BCUT2D eigenvalue weighted by Gasteiger charge is 2.37. The second kappa shape index (κ2) is 10.9. The number of alkyl halides is 2. The van der Waals surface area contributed by atoms with Crippen LogP contribution in [0.5, 0.6) is 5.75 Å². The lowest BCUT2D eigenvalue weighted by molar-refractivity contribution is 0.0174. The van der Waals surface area contributed by atoms with E-state index in [1.807, 2.05) is 6.92 Å². The zero-order chi connectivity index (χ0) is 26.8. The maximum Gasteiger partial charge on any atom is 0.341 e. The molecule has 4 rings (SSSR count). The van der Waals surface area contributed by atoms with Gasteiger partial charge < -0.3 is 14.2 Å². The molecule has 202 valence electrons. The fourth-order valence-corrected chi connectivity index (χ4v) is 6.72. The number of carbonyl (C=O) groups excluding carboxylic acids is 1. The van der Waals surface area contributed by atoms with Gasteiger partial charge in [0.25, 0.3) is 15.9 Å². The van der Waals surface area contributed by atoms with Crippen LogP contribution in [-0.2, 0) is 31.8 Å². The third-order valence-corrected chi connectivity index (χ3v) is 8.96. The fourth-order valence-electron chi connectivity index (χ4n) is 4.90.